The molecule has 1 N–H and O–H groups in total. The van der Waals surface area contributed by atoms with Crippen molar-refractivity contribution in [3.8, 4) is 11.5 Å². The summed E-state index contributed by atoms with van der Waals surface area (Å²) < 4.78 is 26.8. The zero-order valence-corrected chi connectivity index (χ0v) is 16.2. The molecule has 2 aromatic heterocycles. The summed E-state index contributed by atoms with van der Waals surface area (Å²) >= 11 is 0. The van der Waals surface area contributed by atoms with Gasteiger partial charge in [-0.05, 0) is 55.0 Å². The van der Waals surface area contributed by atoms with Crippen LogP contribution in [0.4, 0.5) is 10.2 Å². The highest BCUT2D eigenvalue weighted by molar-refractivity contribution is 5.47. The molecule has 1 atom stereocenters. The first-order valence-electron chi connectivity index (χ1n) is 9.24. The van der Waals surface area contributed by atoms with Crippen LogP contribution in [0, 0.1) is 5.82 Å². The Labute approximate surface area is 167 Å². The summed E-state index contributed by atoms with van der Waals surface area (Å²) in [5.41, 5.74) is 2.47. The molecule has 148 valence electrons. The molecular weight excluding hydrogens is 371 g/mol. The highest BCUT2D eigenvalue weighted by Gasteiger charge is 2.14. The van der Waals surface area contributed by atoms with E-state index in [1.807, 2.05) is 43.3 Å². The van der Waals surface area contributed by atoms with E-state index in [-0.39, 0.29) is 11.9 Å². The maximum atomic E-state index is 13.9. The summed E-state index contributed by atoms with van der Waals surface area (Å²) in [5.74, 6) is 1.75. The fourth-order valence-electron chi connectivity index (χ4n) is 3.06. The molecule has 4 rings (SSSR count). The smallest absolute Gasteiger partial charge is 0.153 e. The van der Waals surface area contributed by atoms with E-state index >= 15 is 0 Å². The third kappa shape index (κ3) is 4.29. The van der Waals surface area contributed by atoms with Crippen molar-refractivity contribution in [1.82, 2.24) is 14.6 Å². The summed E-state index contributed by atoms with van der Waals surface area (Å²) in [4.78, 5) is 4.18. The van der Waals surface area contributed by atoms with Crippen LogP contribution in [0.5, 0.6) is 11.5 Å². The standard InChI is InChI=1S/C22H21FN4O2/c1-15(25-21-9-10-22-24-11-12-27(22)26-21)19-13-17(23)5-8-20(19)29-14-16-3-6-18(28-2)7-4-16/h3-13,15H,14H2,1-2H3,(H,25,26). The number of hydrogen-bond acceptors (Lipinski definition) is 5. The average Bonchev–Trinajstić information content (AvgIpc) is 3.21. The van der Waals surface area contributed by atoms with Crippen molar-refractivity contribution in [1.29, 1.82) is 0 Å². The van der Waals surface area contributed by atoms with Crippen LogP contribution in [-0.4, -0.2) is 21.7 Å². The fraction of sp³-hybridized carbons (Fsp3) is 0.182. The molecule has 4 aromatic rings. The topological polar surface area (TPSA) is 60.7 Å². The first-order valence-corrected chi connectivity index (χ1v) is 9.24. The van der Waals surface area contributed by atoms with Gasteiger partial charge in [0.25, 0.3) is 0 Å². The van der Waals surface area contributed by atoms with Crippen molar-refractivity contribution in [2.45, 2.75) is 19.6 Å². The lowest BCUT2D eigenvalue weighted by molar-refractivity contribution is 0.301. The van der Waals surface area contributed by atoms with Gasteiger partial charge in [-0.15, -0.1) is 5.10 Å². The maximum absolute atomic E-state index is 13.9. The number of aromatic nitrogens is 3. The minimum atomic E-state index is -0.316. The van der Waals surface area contributed by atoms with E-state index in [9.17, 15) is 4.39 Å². The van der Waals surface area contributed by atoms with Crippen molar-refractivity contribution in [3.63, 3.8) is 0 Å². The van der Waals surface area contributed by atoms with Crippen LogP contribution in [0.15, 0.2) is 67.0 Å². The Balaban J connectivity index is 1.51. The van der Waals surface area contributed by atoms with Crippen molar-refractivity contribution in [3.05, 3.63) is 83.9 Å². The highest BCUT2D eigenvalue weighted by atomic mass is 19.1. The molecule has 0 fully saturated rings. The van der Waals surface area contributed by atoms with E-state index in [1.165, 1.54) is 12.1 Å². The van der Waals surface area contributed by atoms with E-state index in [1.54, 1.807) is 30.1 Å². The first-order chi connectivity index (χ1) is 14.1. The molecule has 29 heavy (non-hydrogen) atoms. The minimum absolute atomic E-state index is 0.218. The van der Waals surface area contributed by atoms with Crippen LogP contribution in [0.2, 0.25) is 0 Å². The third-order valence-electron chi connectivity index (χ3n) is 4.61. The number of anilines is 1. The monoisotopic (exact) mass is 392 g/mol. The lowest BCUT2D eigenvalue weighted by atomic mass is 10.1. The second kappa shape index (κ2) is 8.18. The van der Waals surface area contributed by atoms with Crippen molar-refractivity contribution < 1.29 is 13.9 Å². The zero-order valence-electron chi connectivity index (χ0n) is 16.2. The van der Waals surface area contributed by atoms with E-state index in [0.29, 0.717) is 23.7 Å². The van der Waals surface area contributed by atoms with Gasteiger partial charge < -0.3 is 14.8 Å². The van der Waals surface area contributed by atoms with Gasteiger partial charge in [-0.2, -0.15) is 0 Å². The van der Waals surface area contributed by atoms with Crippen LogP contribution in [0.1, 0.15) is 24.1 Å². The Bertz CT molecular complexity index is 1110. The van der Waals surface area contributed by atoms with Crippen molar-refractivity contribution in [2.24, 2.45) is 0 Å². The predicted molar refractivity (Wildman–Crippen MR) is 109 cm³/mol. The lowest BCUT2D eigenvalue weighted by Gasteiger charge is -2.19. The Morgan fingerprint density at radius 2 is 1.93 bits per heavy atom. The summed E-state index contributed by atoms with van der Waals surface area (Å²) in [5, 5.41) is 7.76. The molecule has 1 unspecified atom stereocenters. The second-order valence-electron chi connectivity index (χ2n) is 6.63. The summed E-state index contributed by atoms with van der Waals surface area (Å²) in [6.07, 6.45) is 3.46. The normalized spacial score (nSPS) is 12.0. The molecule has 2 heterocycles. The SMILES string of the molecule is COc1ccc(COc2ccc(F)cc2C(C)Nc2ccc3nccn3n2)cc1. The molecule has 0 saturated carbocycles. The van der Waals surface area contributed by atoms with Gasteiger partial charge in [0.1, 0.15) is 29.7 Å². The predicted octanol–water partition coefficient (Wildman–Crippen LogP) is 4.63. The molecule has 0 saturated heterocycles. The number of rotatable bonds is 7. The van der Waals surface area contributed by atoms with Gasteiger partial charge in [-0.3, -0.25) is 0 Å². The lowest BCUT2D eigenvalue weighted by Crippen LogP contribution is -2.11. The third-order valence-corrected chi connectivity index (χ3v) is 4.61. The number of imidazole rings is 1. The molecule has 0 bridgehead atoms. The van der Waals surface area contributed by atoms with Crippen LogP contribution in [0.25, 0.3) is 5.65 Å². The fourth-order valence-corrected chi connectivity index (χ4v) is 3.06. The summed E-state index contributed by atoms with van der Waals surface area (Å²) in [6, 6.07) is 15.7. The Morgan fingerprint density at radius 3 is 2.72 bits per heavy atom. The van der Waals surface area contributed by atoms with E-state index in [2.05, 4.69) is 15.4 Å². The van der Waals surface area contributed by atoms with Crippen LogP contribution in [-0.2, 0) is 6.61 Å². The molecule has 0 aliphatic heterocycles. The second-order valence-corrected chi connectivity index (χ2v) is 6.63. The van der Waals surface area contributed by atoms with Gasteiger partial charge in [0.15, 0.2) is 5.65 Å². The Hall–Kier alpha value is -3.61. The van der Waals surface area contributed by atoms with Gasteiger partial charge in [-0.25, -0.2) is 13.9 Å². The average molecular weight is 392 g/mol. The minimum Gasteiger partial charge on any atom is -0.497 e. The first kappa shape index (κ1) is 18.7. The Morgan fingerprint density at radius 1 is 1.10 bits per heavy atom. The maximum Gasteiger partial charge on any atom is 0.153 e. The number of methoxy groups -OCH3 is 1. The molecule has 0 amide bonds. The number of benzene rings is 2. The summed E-state index contributed by atoms with van der Waals surface area (Å²) in [7, 11) is 1.63. The molecule has 0 radical (unpaired) electrons. The van der Waals surface area contributed by atoms with Gasteiger partial charge in [0.2, 0.25) is 0 Å². The number of fused-ring (bicyclic) bond motifs is 1. The highest BCUT2D eigenvalue weighted by Crippen LogP contribution is 2.29. The molecule has 7 heteroatoms. The van der Waals surface area contributed by atoms with Crippen LogP contribution >= 0.6 is 0 Å². The van der Waals surface area contributed by atoms with Crippen LogP contribution in [0.3, 0.4) is 0 Å². The molecule has 2 aromatic carbocycles. The number of ether oxygens (including phenoxy) is 2. The van der Waals surface area contributed by atoms with Crippen molar-refractivity contribution >= 4 is 11.5 Å². The number of halogens is 1. The van der Waals surface area contributed by atoms with Crippen molar-refractivity contribution in [2.75, 3.05) is 12.4 Å². The molecule has 6 nitrogen and oxygen atoms in total. The largest absolute Gasteiger partial charge is 0.497 e. The quantitative estimate of drug-likeness (QED) is 0.497. The van der Waals surface area contributed by atoms with Gasteiger partial charge in [0.05, 0.1) is 13.2 Å². The molecule has 0 aliphatic carbocycles. The number of nitrogens with one attached hydrogen (secondary N) is 1. The van der Waals surface area contributed by atoms with Crippen LogP contribution < -0.4 is 14.8 Å². The zero-order chi connectivity index (χ0) is 20.2. The van der Waals surface area contributed by atoms with E-state index < -0.39 is 0 Å². The van der Waals surface area contributed by atoms with E-state index in [4.69, 9.17) is 9.47 Å². The van der Waals surface area contributed by atoms with Gasteiger partial charge in [-0.1, -0.05) is 12.1 Å². The van der Waals surface area contributed by atoms with Gasteiger partial charge in [0, 0.05) is 18.0 Å². The molecule has 0 aliphatic rings. The van der Waals surface area contributed by atoms with E-state index in [0.717, 1.165) is 17.0 Å². The summed E-state index contributed by atoms with van der Waals surface area (Å²) in [6.45, 7) is 2.31. The van der Waals surface area contributed by atoms with Gasteiger partial charge >= 0.3 is 0 Å². The number of nitrogens with zero attached hydrogens (tertiary/aromatic N) is 3. The number of hydrogen-bond donors (Lipinski definition) is 1. The molecule has 0 spiro atoms. The molecular formula is C22H21FN4O2. The Kier molecular flexibility index (Phi) is 5.29.